The van der Waals surface area contributed by atoms with Gasteiger partial charge in [-0.25, -0.2) is 13.3 Å². The second-order valence-electron chi connectivity index (χ2n) is 15.7. The van der Waals surface area contributed by atoms with Crippen LogP contribution >= 0.6 is 7.82 Å². The van der Waals surface area contributed by atoms with Crippen molar-refractivity contribution in [2.75, 3.05) is 13.3 Å². The molecule has 2 aromatic carbocycles. The standard InChI is InChI=1S/C39H43F2N4O13P/c1-20-10-24(12-30(46)47)32(28(11-20)57-59(52,53)54)38(4,5)15-31(48)55-19-56-35-33-37(51)44-18-29(39(9-8-22(44)3)14-21(2)43-58-39)45(33)17-26(34(35)49)36(50)42-16-23-6-7-25(40)13-27(23)41/h6-7,10-11,13,17,22,29H,8-9,12,14-16,18-19H2,1-5H3,(H,42,50)(H,46,47)(H2,52,53,54)/t22-,29+,39-/m0/s1. The molecule has 2 amide bonds. The number of benzene rings is 2. The Hall–Kier alpha value is -5.65. The maximum Gasteiger partial charge on any atom is 0.524 e. The number of esters is 1. The van der Waals surface area contributed by atoms with Gasteiger partial charge >= 0.3 is 19.8 Å². The van der Waals surface area contributed by atoms with Crippen molar-refractivity contribution in [1.29, 1.82) is 0 Å². The van der Waals surface area contributed by atoms with E-state index in [9.17, 15) is 52.2 Å². The van der Waals surface area contributed by atoms with Gasteiger partial charge in [0.25, 0.3) is 11.8 Å². The molecule has 1 aromatic heterocycles. The van der Waals surface area contributed by atoms with Crippen molar-refractivity contribution in [2.45, 2.75) is 96.4 Å². The lowest BCUT2D eigenvalue weighted by Gasteiger charge is -2.42. The Kier molecular flexibility index (Phi) is 11.8. The highest BCUT2D eigenvalue weighted by Crippen LogP contribution is 2.47. The summed E-state index contributed by atoms with van der Waals surface area (Å²) < 4.78 is 57.4. The molecule has 0 unspecified atom stereocenters. The van der Waals surface area contributed by atoms with Gasteiger partial charge in [-0.2, -0.15) is 0 Å². The highest BCUT2D eigenvalue weighted by atomic mass is 31.2. The first-order valence-corrected chi connectivity index (χ1v) is 20.1. The number of carbonyl (C=O) groups excluding carboxylic acids is 3. The molecule has 0 saturated carbocycles. The minimum atomic E-state index is -5.14. The van der Waals surface area contributed by atoms with Crippen LogP contribution in [0.5, 0.6) is 11.5 Å². The highest BCUT2D eigenvalue weighted by molar-refractivity contribution is 7.46. The number of ether oxygens (including phenoxy) is 2. The molecule has 59 heavy (non-hydrogen) atoms. The number of carboxylic acid groups (broad SMARTS) is 1. The third-order valence-electron chi connectivity index (χ3n) is 10.7. The van der Waals surface area contributed by atoms with Crippen molar-refractivity contribution >= 4 is 37.3 Å². The van der Waals surface area contributed by atoms with Crippen molar-refractivity contribution in [3.8, 4) is 11.5 Å². The van der Waals surface area contributed by atoms with Crippen LogP contribution in [-0.2, 0) is 42.1 Å². The molecule has 3 aliphatic heterocycles. The summed E-state index contributed by atoms with van der Waals surface area (Å²) in [5.41, 5.74) is -2.96. The molecule has 0 radical (unpaired) electrons. The monoisotopic (exact) mass is 844 g/mol. The van der Waals surface area contributed by atoms with E-state index in [0.717, 1.165) is 12.1 Å². The van der Waals surface area contributed by atoms with Crippen molar-refractivity contribution in [3.63, 3.8) is 0 Å². The number of pyridine rings is 1. The number of aromatic nitrogens is 1. The van der Waals surface area contributed by atoms with Crippen molar-refractivity contribution in [2.24, 2.45) is 5.16 Å². The lowest BCUT2D eigenvalue weighted by molar-refractivity contribution is -0.151. The summed E-state index contributed by atoms with van der Waals surface area (Å²) in [6.07, 6.45) is 1.46. The van der Waals surface area contributed by atoms with E-state index in [4.69, 9.17) is 18.8 Å². The average Bonchev–Trinajstić information content (AvgIpc) is 3.44. The van der Waals surface area contributed by atoms with Crippen LogP contribution in [0.25, 0.3) is 0 Å². The number of carbonyl (C=O) groups is 4. The maximum absolute atomic E-state index is 14.5. The Labute approximate surface area is 336 Å². The van der Waals surface area contributed by atoms with Crippen LogP contribution in [-0.4, -0.2) is 78.8 Å². The summed E-state index contributed by atoms with van der Waals surface area (Å²) >= 11 is 0. The quantitative estimate of drug-likeness (QED) is 0.106. The lowest BCUT2D eigenvalue weighted by Crippen LogP contribution is -2.52. The number of hydrogen-bond donors (Lipinski definition) is 4. The van der Waals surface area contributed by atoms with E-state index in [2.05, 4.69) is 10.5 Å². The molecule has 6 rings (SSSR count). The number of hydrogen-bond acceptors (Lipinski definition) is 11. The van der Waals surface area contributed by atoms with Gasteiger partial charge in [-0.1, -0.05) is 31.1 Å². The Bertz CT molecular complexity index is 2380. The number of aliphatic carboxylic acids is 1. The Morgan fingerprint density at radius 3 is 2.49 bits per heavy atom. The third kappa shape index (κ3) is 9.01. The van der Waals surface area contributed by atoms with Crippen LogP contribution in [0.3, 0.4) is 0 Å². The molecule has 1 spiro atoms. The first-order valence-electron chi connectivity index (χ1n) is 18.5. The molecule has 2 bridgehead atoms. The van der Waals surface area contributed by atoms with Crippen LogP contribution in [0.2, 0.25) is 0 Å². The summed E-state index contributed by atoms with van der Waals surface area (Å²) in [6.45, 7) is 6.94. The van der Waals surface area contributed by atoms with Gasteiger partial charge in [-0.05, 0) is 56.9 Å². The van der Waals surface area contributed by atoms with E-state index in [0.29, 0.717) is 36.6 Å². The fraction of sp³-hybridized carbons (Fsp3) is 0.436. The molecule has 4 heterocycles. The third-order valence-corrected chi connectivity index (χ3v) is 11.1. The van der Waals surface area contributed by atoms with Gasteiger partial charge in [0.2, 0.25) is 18.0 Å². The summed E-state index contributed by atoms with van der Waals surface area (Å²) in [6, 6.07) is 4.57. The number of amides is 2. The molecule has 316 valence electrons. The second kappa shape index (κ2) is 16.2. The van der Waals surface area contributed by atoms with Crippen molar-refractivity contribution in [3.05, 3.63) is 91.9 Å². The predicted molar refractivity (Wildman–Crippen MR) is 203 cm³/mol. The Balaban J connectivity index is 1.33. The molecule has 4 N–H and O–H groups in total. The summed E-state index contributed by atoms with van der Waals surface area (Å²) in [4.78, 5) is 94.1. The van der Waals surface area contributed by atoms with Crippen LogP contribution in [0.15, 0.2) is 46.5 Å². The normalized spacial score (nSPS) is 20.0. The van der Waals surface area contributed by atoms with E-state index < -0.39 is 103 Å². The van der Waals surface area contributed by atoms with Gasteiger partial charge in [0.05, 0.1) is 24.6 Å². The molecule has 1 saturated heterocycles. The number of halogens is 2. The molecular weight excluding hydrogens is 801 g/mol. The van der Waals surface area contributed by atoms with Crippen LogP contribution in [0.1, 0.15) is 103 Å². The molecule has 3 aromatic rings. The molecule has 0 aliphatic carbocycles. The Morgan fingerprint density at radius 1 is 1.12 bits per heavy atom. The average molecular weight is 845 g/mol. The minimum absolute atomic E-state index is 0.0249. The van der Waals surface area contributed by atoms with E-state index in [-0.39, 0.29) is 40.7 Å². The molecular formula is C39H43F2N4O13P. The second-order valence-corrected chi connectivity index (χ2v) is 16.8. The summed E-state index contributed by atoms with van der Waals surface area (Å²) in [5, 5.41) is 16.2. The van der Waals surface area contributed by atoms with Gasteiger partial charge in [-0.3, -0.25) is 33.8 Å². The van der Waals surface area contributed by atoms with Gasteiger partial charge in [0.15, 0.2) is 11.3 Å². The zero-order valence-electron chi connectivity index (χ0n) is 32.7. The predicted octanol–water partition coefficient (Wildman–Crippen LogP) is 4.43. The van der Waals surface area contributed by atoms with Crippen molar-refractivity contribution < 1.29 is 66.3 Å². The van der Waals surface area contributed by atoms with Crippen LogP contribution in [0, 0.1) is 18.6 Å². The molecule has 17 nitrogen and oxygen atoms in total. The number of rotatable bonds is 13. The first kappa shape index (κ1) is 42.9. The summed E-state index contributed by atoms with van der Waals surface area (Å²) in [5.74, 6) is -6.53. The fourth-order valence-corrected chi connectivity index (χ4v) is 8.49. The maximum atomic E-state index is 14.5. The van der Waals surface area contributed by atoms with E-state index in [1.54, 1.807) is 18.7 Å². The lowest BCUT2D eigenvalue weighted by atomic mass is 9.77. The van der Waals surface area contributed by atoms with Gasteiger partial charge in [0, 0.05) is 54.4 Å². The molecule has 1 fully saturated rings. The number of phosphoric ester groups is 1. The molecule has 3 aliphatic rings. The molecule has 3 atom stereocenters. The van der Waals surface area contributed by atoms with Crippen LogP contribution < -0.4 is 20.0 Å². The number of aryl methyl sites for hydroxylation is 1. The van der Waals surface area contributed by atoms with Gasteiger partial charge in [0.1, 0.15) is 22.9 Å². The number of phosphoric acid groups is 1. The smallest absolute Gasteiger partial charge is 0.481 e. The minimum Gasteiger partial charge on any atom is -0.481 e. The number of nitrogens with one attached hydrogen (secondary N) is 1. The van der Waals surface area contributed by atoms with E-state index >= 15 is 0 Å². The fourth-order valence-electron chi connectivity index (χ4n) is 8.09. The van der Waals surface area contributed by atoms with E-state index in [1.165, 1.54) is 36.7 Å². The topological polar surface area (TPSA) is 233 Å². The zero-order chi connectivity index (χ0) is 43.2. The zero-order valence-corrected chi connectivity index (χ0v) is 33.6. The first-order chi connectivity index (χ1) is 27.6. The Morgan fingerprint density at radius 2 is 1.85 bits per heavy atom. The van der Waals surface area contributed by atoms with Gasteiger partial charge in [-0.15, -0.1) is 0 Å². The SMILES string of the molecule is CC1=NO[C@@]2(CC[C@H](C)N3C[C@H]2n2cc(C(=O)NCc4ccc(F)cc4F)c(=O)c(OCOC(=O)CC(C)(C)c4c(CC(=O)O)cc(C)cc4OP(=O)(O)O)c2C3=O)C1. The van der Waals surface area contributed by atoms with Crippen LogP contribution in [0.4, 0.5) is 8.78 Å². The molecule has 20 heteroatoms. The van der Waals surface area contributed by atoms with Crippen molar-refractivity contribution in [1.82, 2.24) is 14.8 Å². The highest BCUT2D eigenvalue weighted by Gasteiger charge is 2.54. The summed E-state index contributed by atoms with van der Waals surface area (Å²) in [7, 11) is -5.14. The largest absolute Gasteiger partial charge is 0.524 e. The number of nitrogens with zero attached hydrogens (tertiary/aromatic N) is 3. The van der Waals surface area contributed by atoms with E-state index in [1.807, 2.05) is 6.92 Å². The number of carboxylic acids is 1. The number of oxime groups is 1. The van der Waals surface area contributed by atoms with Gasteiger partial charge < -0.3 is 38.7 Å². The number of fused-ring (bicyclic) bond motifs is 5.